The Bertz CT molecular complexity index is 339. The Morgan fingerprint density at radius 1 is 1.43 bits per heavy atom. The molecule has 1 heterocycles. The molecule has 0 aromatic heterocycles. The van der Waals surface area contributed by atoms with E-state index in [0.717, 1.165) is 25.2 Å². The summed E-state index contributed by atoms with van der Waals surface area (Å²) in [7, 11) is 0. The zero-order chi connectivity index (χ0) is 10.2. The van der Waals surface area contributed by atoms with E-state index >= 15 is 0 Å². The lowest BCUT2D eigenvalue weighted by Crippen LogP contribution is -2.34. The molecule has 0 saturated heterocycles. The highest BCUT2D eigenvalue weighted by atomic mass is 16.5. The van der Waals surface area contributed by atoms with Crippen molar-refractivity contribution < 1.29 is 4.74 Å². The van der Waals surface area contributed by atoms with Gasteiger partial charge in [-0.15, -0.1) is 0 Å². The molecule has 14 heavy (non-hydrogen) atoms. The highest BCUT2D eigenvalue weighted by Crippen LogP contribution is 2.31. The second-order valence-electron chi connectivity index (χ2n) is 4.67. The minimum atomic E-state index is -0.166. The van der Waals surface area contributed by atoms with Crippen LogP contribution in [-0.2, 0) is 12.8 Å². The SMILES string of the molecule is CC(C)(N)Cc1cccc2c1OCC2. The van der Waals surface area contributed by atoms with Gasteiger partial charge in [-0.05, 0) is 31.4 Å². The van der Waals surface area contributed by atoms with E-state index in [1.165, 1.54) is 11.1 Å². The summed E-state index contributed by atoms with van der Waals surface area (Å²) in [6.45, 7) is 4.90. The van der Waals surface area contributed by atoms with E-state index in [4.69, 9.17) is 10.5 Å². The Kier molecular flexibility index (Phi) is 2.23. The molecule has 2 N–H and O–H groups in total. The van der Waals surface area contributed by atoms with Gasteiger partial charge in [0.25, 0.3) is 0 Å². The van der Waals surface area contributed by atoms with Gasteiger partial charge in [0.15, 0.2) is 0 Å². The van der Waals surface area contributed by atoms with Gasteiger partial charge in [-0.25, -0.2) is 0 Å². The fourth-order valence-electron chi connectivity index (χ4n) is 1.91. The summed E-state index contributed by atoms with van der Waals surface area (Å²) in [5, 5.41) is 0. The Labute approximate surface area is 85.1 Å². The van der Waals surface area contributed by atoms with Crippen molar-refractivity contribution in [2.75, 3.05) is 6.61 Å². The van der Waals surface area contributed by atoms with Crippen molar-refractivity contribution in [3.8, 4) is 5.75 Å². The molecule has 0 spiro atoms. The largest absolute Gasteiger partial charge is 0.493 e. The van der Waals surface area contributed by atoms with Crippen molar-refractivity contribution in [1.29, 1.82) is 0 Å². The molecule has 0 unspecified atom stereocenters. The molecule has 2 nitrogen and oxygen atoms in total. The minimum absolute atomic E-state index is 0.166. The van der Waals surface area contributed by atoms with Gasteiger partial charge in [-0.3, -0.25) is 0 Å². The van der Waals surface area contributed by atoms with Crippen LogP contribution in [0.4, 0.5) is 0 Å². The standard InChI is InChI=1S/C12H17NO/c1-12(2,13)8-10-5-3-4-9-6-7-14-11(9)10/h3-5H,6-8,13H2,1-2H3. The average Bonchev–Trinajstić information content (AvgIpc) is 2.49. The van der Waals surface area contributed by atoms with Crippen molar-refractivity contribution in [1.82, 2.24) is 0 Å². The van der Waals surface area contributed by atoms with Crippen molar-refractivity contribution in [3.63, 3.8) is 0 Å². The fraction of sp³-hybridized carbons (Fsp3) is 0.500. The van der Waals surface area contributed by atoms with Crippen molar-refractivity contribution in [2.24, 2.45) is 5.73 Å². The quantitative estimate of drug-likeness (QED) is 0.775. The molecule has 0 amide bonds. The second-order valence-corrected chi connectivity index (χ2v) is 4.67. The molecule has 1 aromatic carbocycles. The van der Waals surface area contributed by atoms with E-state index in [1.807, 2.05) is 13.8 Å². The molecular weight excluding hydrogens is 174 g/mol. The van der Waals surface area contributed by atoms with Crippen LogP contribution in [0.1, 0.15) is 25.0 Å². The van der Waals surface area contributed by atoms with Crippen LogP contribution in [0, 0.1) is 0 Å². The molecule has 1 aliphatic rings. The number of benzene rings is 1. The normalized spacial score (nSPS) is 15.1. The zero-order valence-corrected chi connectivity index (χ0v) is 8.84. The molecule has 0 radical (unpaired) electrons. The molecule has 0 saturated carbocycles. The van der Waals surface area contributed by atoms with Crippen LogP contribution in [0.2, 0.25) is 0 Å². The number of hydrogen-bond donors (Lipinski definition) is 1. The summed E-state index contributed by atoms with van der Waals surface area (Å²) < 4.78 is 5.62. The van der Waals surface area contributed by atoms with E-state index in [-0.39, 0.29) is 5.54 Å². The van der Waals surface area contributed by atoms with E-state index in [9.17, 15) is 0 Å². The van der Waals surface area contributed by atoms with Gasteiger partial charge in [-0.2, -0.15) is 0 Å². The van der Waals surface area contributed by atoms with Crippen LogP contribution in [0.15, 0.2) is 18.2 Å². The van der Waals surface area contributed by atoms with E-state index < -0.39 is 0 Å². The van der Waals surface area contributed by atoms with E-state index in [2.05, 4.69) is 18.2 Å². The second kappa shape index (κ2) is 3.28. The third kappa shape index (κ3) is 1.90. The van der Waals surface area contributed by atoms with Gasteiger partial charge < -0.3 is 10.5 Å². The van der Waals surface area contributed by atoms with Crippen LogP contribution < -0.4 is 10.5 Å². The molecule has 0 fully saturated rings. The summed E-state index contributed by atoms with van der Waals surface area (Å²) in [4.78, 5) is 0. The lowest BCUT2D eigenvalue weighted by atomic mass is 9.94. The summed E-state index contributed by atoms with van der Waals surface area (Å²) in [6, 6.07) is 6.34. The average molecular weight is 191 g/mol. The molecule has 0 bridgehead atoms. The van der Waals surface area contributed by atoms with E-state index in [1.54, 1.807) is 0 Å². The topological polar surface area (TPSA) is 35.2 Å². The Hall–Kier alpha value is -1.02. The number of para-hydroxylation sites is 1. The summed E-state index contributed by atoms with van der Waals surface area (Å²) in [5.74, 6) is 1.08. The Balaban J connectivity index is 2.31. The number of rotatable bonds is 2. The molecule has 0 aliphatic carbocycles. The third-order valence-electron chi connectivity index (χ3n) is 2.44. The van der Waals surface area contributed by atoms with Crippen LogP contribution in [0.5, 0.6) is 5.75 Å². The lowest BCUT2D eigenvalue weighted by molar-refractivity contribution is 0.350. The minimum Gasteiger partial charge on any atom is -0.493 e. The Morgan fingerprint density at radius 3 is 2.93 bits per heavy atom. The first-order valence-electron chi connectivity index (χ1n) is 5.09. The predicted molar refractivity (Wildman–Crippen MR) is 57.6 cm³/mol. The molecule has 1 aliphatic heterocycles. The number of fused-ring (bicyclic) bond motifs is 1. The first kappa shape index (κ1) is 9.53. The van der Waals surface area contributed by atoms with Gasteiger partial charge in [0.1, 0.15) is 5.75 Å². The summed E-state index contributed by atoms with van der Waals surface area (Å²) in [5.41, 5.74) is 8.41. The molecule has 1 aromatic rings. The number of ether oxygens (including phenoxy) is 1. The highest BCUT2D eigenvalue weighted by molar-refractivity contribution is 5.44. The van der Waals surface area contributed by atoms with Gasteiger partial charge in [-0.1, -0.05) is 18.2 Å². The highest BCUT2D eigenvalue weighted by Gasteiger charge is 2.20. The monoisotopic (exact) mass is 191 g/mol. The van der Waals surface area contributed by atoms with Gasteiger partial charge in [0, 0.05) is 12.0 Å². The lowest BCUT2D eigenvalue weighted by Gasteiger charge is -2.19. The smallest absolute Gasteiger partial charge is 0.125 e. The van der Waals surface area contributed by atoms with Crippen LogP contribution in [0.25, 0.3) is 0 Å². The summed E-state index contributed by atoms with van der Waals surface area (Å²) in [6.07, 6.45) is 1.91. The number of nitrogens with two attached hydrogens (primary N) is 1. The van der Waals surface area contributed by atoms with Gasteiger partial charge >= 0.3 is 0 Å². The van der Waals surface area contributed by atoms with Gasteiger partial charge in [0.2, 0.25) is 0 Å². The number of hydrogen-bond acceptors (Lipinski definition) is 2. The van der Waals surface area contributed by atoms with E-state index in [0.29, 0.717) is 0 Å². The predicted octanol–water partition coefficient (Wildman–Crippen LogP) is 1.90. The first-order chi connectivity index (χ1) is 6.56. The molecule has 76 valence electrons. The van der Waals surface area contributed by atoms with Crippen molar-refractivity contribution in [2.45, 2.75) is 32.2 Å². The van der Waals surface area contributed by atoms with Gasteiger partial charge in [0.05, 0.1) is 6.61 Å². The maximum Gasteiger partial charge on any atom is 0.125 e. The molecule has 2 rings (SSSR count). The molecular formula is C12H17NO. The fourth-order valence-corrected chi connectivity index (χ4v) is 1.91. The molecule has 2 heteroatoms. The maximum absolute atomic E-state index is 6.01. The van der Waals surface area contributed by atoms with Crippen LogP contribution in [-0.4, -0.2) is 12.1 Å². The zero-order valence-electron chi connectivity index (χ0n) is 8.84. The van der Waals surface area contributed by atoms with Crippen molar-refractivity contribution >= 4 is 0 Å². The third-order valence-corrected chi connectivity index (χ3v) is 2.44. The first-order valence-corrected chi connectivity index (χ1v) is 5.09. The molecule has 0 atom stereocenters. The van der Waals surface area contributed by atoms with Crippen LogP contribution >= 0.6 is 0 Å². The van der Waals surface area contributed by atoms with Crippen LogP contribution in [0.3, 0.4) is 0 Å². The Morgan fingerprint density at radius 2 is 2.21 bits per heavy atom. The maximum atomic E-state index is 6.01. The summed E-state index contributed by atoms with van der Waals surface area (Å²) >= 11 is 0. The van der Waals surface area contributed by atoms with Crippen molar-refractivity contribution in [3.05, 3.63) is 29.3 Å².